The van der Waals surface area contributed by atoms with Crippen LogP contribution in [-0.2, 0) is 17.8 Å². The third-order valence-corrected chi connectivity index (χ3v) is 4.80. The second-order valence-electron chi connectivity index (χ2n) is 7.81. The third kappa shape index (κ3) is 6.66. The number of hydrogen-bond donors (Lipinski definition) is 2. The lowest BCUT2D eigenvalue weighted by Crippen LogP contribution is -2.36. The van der Waals surface area contributed by atoms with E-state index in [2.05, 4.69) is 52.9 Å². The molecule has 6 nitrogen and oxygen atoms in total. The molecule has 6 heteroatoms. The van der Waals surface area contributed by atoms with Crippen LogP contribution in [0.2, 0.25) is 0 Å². The third-order valence-electron chi connectivity index (χ3n) is 4.80. The lowest BCUT2D eigenvalue weighted by Gasteiger charge is -2.18. The molecule has 3 rings (SSSR count). The first kappa shape index (κ1) is 22.0. The summed E-state index contributed by atoms with van der Waals surface area (Å²) in [5.41, 5.74) is 3.41. The molecular weight excluding hydrogens is 378 g/mol. The van der Waals surface area contributed by atoms with Gasteiger partial charge in [0.1, 0.15) is 17.6 Å². The average Bonchev–Trinajstić information content (AvgIpc) is 3.22. The molecular formula is C24H33N3O3. The van der Waals surface area contributed by atoms with Crippen LogP contribution in [0.15, 0.2) is 47.5 Å². The summed E-state index contributed by atoms with van der Waals surface area (Å²) in [5.74, 6) is 2.53. The van der Waals surface area contributed by atoms with E-state index in [1.54, 1.807) is 7.05 Å². The van der Waals surface area contributed by atoms with Crippen molar-refractivity contribution in [2.24, 2.45) is 4.99 Å². The standard InChI is InChI=1S/C24H33N3O3/c1-17(2)29-21-7-5-6-19(13-21)14-26-24(25-4)27-15-20-9-8-18(3)12-23(20)30-22-10-11-28-16-22/h5-9,12-13,17,22H,10-11,14-16H2,1-4H3,(H2,25,26,27). The monoisotopic (exact) mass is 411 g/mol. The molecule has 162 valence electrons. The molecule has 0 bridgehead atoms. The predicted molar refractivity (Wildman–Crippen MR) is 120 cm³/mol. The molecule has 1 saturated heterocycles. The summed E-state index contributed by atoms with van der Waals surface area (Å²) in [6.45, 7) is 8.84. The Morgan fingerprint density at radius 2 is 2.00 bits per heavy atom. The molecule has 1 unspecified atom stereocenters. The van der Waals surface area contributed by atoms with Gasteiger partial charge in [0, 0.05) is 32.1 Å². The highest BCUT2D eigenvalue weighted by Gasteiger charge is 2.18. The van der Waals surface area contributed by atoms with Crippen molar-refractivity contribution < 1.29 is 14.2 Å². The highest BCUT2D eigenvalue weighted by atomic mass is 16.5. The Bertz CT molecular complexity index is 845. The summed E-state index contributed by atoms with van der Waals surface area (Å²) in [5, 5.41) is 6.75. The Morgan fingerprint density at radius 1 is 1.17 bits per heavy atom. The molecule has 0 amide bonds. The second kappa shape index (κ2) is 10.9. The molecule has 0 radical (unpaired) electrons. The zero-order chi connectivity index (χ0) is 21.3. The van der Waals surface area contributed by atoms with Gasteiger partial charge in [-0.1, -0.05) is 24.3 Å². The normalized spacial score (nSPS) is 16.6. The first-order valence-electron chi connectivity index (χ1n) is 10.6. The summed E-state index contributed by atoms with van der Waals surface area (Å²) < 4.78 is 17.4. The van der Waals surface area contributed by atoms with E-state index in [1.165, 1.54) is 5.56 Å². The molecule has 0 saturated carbocycles. The quantitative estimate of drug-likeness (QED) is 0.511. The molecule has 1 aliphatic heterocycles. The van der Waals surface area contributed by atoms with E-state index in [9.17, 15) is 0 Å². The van der Waals surface area contributed by atoms with Gasteiger partial charge < -0.3 is 24.8 Å². The van der Waals surface area contributed by atoms with Crippen LogP contribution in [0, 0.1) is 6.92 Å². The highest BCUT2D eigenvalue weighted by molar-refractivity contribution is 5.79. The van der Waals surface area contributed by atoms with Gasteiger partial charge in [0.05, 0.1) is 19.3 Å². The van der Waals surface area contributed by atoms with Crippen LogP contribution >= 0.6 is 0 Å². The Balaban J connectivity index is 1.57. The van der Waals surface area contributed by atoms with E-state index in [0.717, 1.165) is 41.6 Å². The largest absolute Gasteiger partial charge is 0.491 e. The number of nitrogens with zero attached hydrogens (tertiary/aromatic N) is 1. The first-order valence-corrected chi connectivity index (χ1v) is 10.6. The summed E-state index contributed by atoms with van der Waals surface area (Å²) in [6.07, 6.45) is 1.22. The molecule has 1 heterocycles. The van der Waals surface area contributed by atoms with Crippen LogP contribution in [0.3, 0.4) is 0 Å². The lowest BCUT2D eigenvalue weighted by atomic mass is 10.1. The van der Waals surface area contributed by atoms with Crippen molar-refractivity contribution in [2.75, 3.05) is 20.3 Å². The van der Waals surface area contributed by atoms with Crippen LogP contribution in [0.4, 0.5) is 0 Å². The first-order chi connectivity index (χ1) is 14.5. The maximum Gasteiger partial charge on any atom is 0.191 e. The molecule has 1 aliphatic rings. The summed E-state index contributed by atoms with van der Waals surface area (Å²) in [7, 11) is 1.77. The number of hydrogen-bond acceptors (Lipinski definition) is 4. The lowest BCUT2D eigenvalue weighted by molar-refractivity contribution is 0.140. The van der Waals surface area contributed by atoms with Crippen molar-refractivity contribution in [2.45, 2.75) is 52.5 Å². The van der Waals surface area contributed by atoms with Gasteiger partial charge in [0.2, 0.25) is 0 Å². The fourth-order valence-corrected chi connectivity index (χ4v) is 3.29. The zero-order valence-corrected chi connectivity index (χ0v) is 18.4. The van der Waals surface area contributed by atoms with Crippen molar-refractivity contribution in [3.63, 3.8) is 0 Å². The molecule has 0 aromatic heterocycles. The molecule has 0 aliphatic carbocycles. The average molecular weight is 412 g/mol. The topological polar surface area (TPSA) is 64.1 Å². The van der Waals surface area contributed by atoms with Gasteiger partial charge in [-0.2, -0.15) is 0 Å². The molecule has 1 fully saturated rings. The number of guanidine groups is 1. The summed E-state index contributed by atoms with van der Waals surface area (Å²) >= 11 is 0. The highest BCUT2D eigenvalue weighted by Crippen LogP contribution is 2.23. The van der Waals surface area contributed by atoms with Crippen molar-refractivity contribution >= 4 is 5.96 Å². The number of rotatable bonds is 8. The van der Waals surface area contributed by atoms with E-state index in [0.29, 0.717) is 19.7 Å². The molecule has 0 spiro atoms. The van der Waals surface area contributed by atoms with Crippen LogP contribution in [0.25, 0.3) is 0 Å². The Kier molecular flexibility index (Phi) is 7.97. The van der Waals surface area contributed by atoms with Crippen molar-refractivity contribution in [1.29, 1.82) is 0 Å². The van der Waals surface area contributed by atoms with E-state index in [4.69, 9.17) is 14.2 Å². The smallest absolute Gasteiger partial charge is 0.191 e. The molecule has 2 N–H and O–H groups in total. The SMILES string of the molecule is CN=C(NCc1cccc(OC(C)C)c1)NCc1ccc(C)cc1OC1CCOC1. The van der Waals surface area contributed by atoms with Crippen molar-refractivity contribution in [3.05, 3.63) is 59.2 Å². The van der Waals surface area contributed by atoms with Crippen molar-refractivity contribution in [3.8, 4) is 11.5 Å². The zero-order valence-electron chi connectivity index (χ0n) is 18.4. The van der Waals surface area contributed by atoms with E-state index < -0.39 is 0 Å². The maximum absolute atomic E-state index is 6.19. The fraction of sp³-hybridized carbons (Fsp3) is 0.458. The number of nitrogens with one attached hydrogen (secondary N) is 2. The number of ether oxygens (including phenoxy) is 3. The maximum atomic E-state index is 6.19. The minimum atomic E-state index is 0.128. The second-order valence-corrected chi connectivity index (χ2v) is 7.81. The van der Waals surface area contributed by atoms with Gasteiger partial charge >= 0.3 is 0 Å². The van der Waals surface area contributed by atoms with E-state index >= 15 is 0 Å². The van der Waals surface area contributed by atoms with Gasteiger partial charge in [-0.25, -0.2) is 0 Å². The minimum Gasteiger partial charge on any atom is -0.491 e. The molecule has 1 atom stereocenters. The van der Waals surface area contributed by atoms with Crippen molar-refractivity contribution in [1.82, 2.24) is 10.6 Å². The van der Waals surface area contributed by atoms with Crippen LogP contribution < -0.4 is 20.1 Å². The molecule has 2 aromatic rings. The van der Waals surface area contributed by atoms with E-state index in [1.807, 2.05) is 26.0 Å². The summed E-state index contributed by atoms with van der Waals surface area (Å²) in [6, 6.07) is 14.4. The van der Waals surface area contributed by atoms with Crippen LogP contribution in [0.1, 0.15) is 37.0 Å². The van der Waals surface area contributed by atoms with Crippen LogP contribution in [0.5, 0.6) is 11.5 Å². The number of aliphatic imine (C=N–C) groups is 1. The number of benzene rings is 2. The number of aryl methyl sites for hydroxylation is 1. The Morgan fingerprint density at radius 3 is 2.73 bits per heavy atom. The van der Waals surface area contributed by atoms with Gasteiger partial charge in [-0.3, -0.25) is 4.99 Å². The summed E-state index contributed by atoms with van der Waals surface area (Å²) in [4.78, 5) is 4.34. The van der Waals surface area contributed by atoms with Gasteiger partial charge in [0.25, 0.3) is 0 Å². The predicted octanol–water partition coefficient (Wildman–Crippen LogP) is 3.82. The Labute approximate surface area is 179 Å². The Hall–Kier alpha value is -2.73. The van der Waals surface area contributed by atoms with Crippen LogP contribution in [-0.4, -0.2) is 38.4 Å². The van der Waals surface area contributed by atoms with E-state index in [-0.39, 0.29) is 12.2 Å². The van der Waals surface area contributed by atoms with Gasteiger partial charge in [-0.15, -0.1) is 0 Å². The minimum absolute atomic E-state index is 0.128. The van der Waals surface area contributed by atoms with Gasteiger partial charge in [-0.05, 0) is 50.1 Å². The molecule has 30 heavy (non-hydrogen) atoms. The fourth-order valence-electron chi connectivity index (χ4n) is 3.29. The molecule has 2 aromatic carbocycles. The van der Waals surface area contributed by atoms with Gasteiger partial charge in [0.15, 0.2) is 5.96 Å².